The van der Waals surface area contributed by atoms with Crippen LogP contribution >= 0.6 is 34.8 Å². The van der Waals surface area contributed by atoms with Gasteiger partial charge >= 0.3 is 0 Å². The summed E-state index contributed by atoms with van der Waals surface area (Å²) < 4.78 is 3.03. The fraction of sp³-hybridized carbons (Fsp3) is 0. The standard InChI is InChI=1S/C6H3Cl2N3.C6H5ClN4.H3N.H2O/c2*7-4-3-5(8)11-6(10-4)1-2-9-11;;/h1-3H;1-3H,8H2;1H3;1H2. The van der Waals surface area contributed by atoms with Crippen molar-refractivity contribution >= 4 is 51.9 Å². The monoisotopic (exact) mass is 390 g/mol. The Balaban J connectivity index is 0.000000222. The highest BCUT2D eigenvalue weighted by Gasteiger charge is 2.01. The quantitative estimate of drug-likeness (QED) is 0.438. The van der Waals surface area contributed by atoms with Gasteiger partial charge in [0.2, 0.25) is 0 Å². The lowest BCUT2D eigenvalue weighted by molar-refractivity contribution is 0.824. The first-order valence-corrected chi connectivity index (χ1v) is 7.09. The number of hydrogen-bond acceptors (Lipinski definition) is 6. The highest BCUT2D eigenvalue weighted by Crippen LogP contribution is 2.15. The van der Waals surface area contributed by atoms with Crippen LogP contribution in [-0.2, 0) is 0 Å². The summed E-state index contributed by atoms with van der Waals surface area (Å²) in [6.07, 6.45) is 3.24. The number of anilines is 1. The Bertz CT molecular complexity index is 876. The summed E-state index contributed by atoms with van der Waals surface area (Å²) in [4.78, 5) is 7.96. The van der Waals surface area contributed by atoms with Crippen LogP contribution in [0.2, 0.25) is 15.5 Å². The fourth-order valence-corrected chi connectivity index (χ4v) is 2.43. The first-order chi connectivity index (χ1) is 10.5. The van der Waals surface area contributed by atoms with Crippen LogP contribution in [0.3, 0.4) is 0 Å². The van der Waals surface area contributed by atoms with Crippen molar-refractivity contribution in [2.45, 2.75) is 0 Å². The van der Waals surface area contributed by atoms with Gasteiger partial charge in [-0.15, -0.1) is 0 Å². The second kappa shape index (κ2) is 8.08. The van der Waals surface area contributed by atoms with Crippen molar-refractivity contribution in [2.75, 3.05) is 5.73 Å². The third-order valence-corrected chi connectivity index (χ3v) is 3.30. The summed E-state index contributed by atoms with van der Waals surface area (Å²) in [5, 5.41) is 9.08. The zero-order valence-electron chi connectivity index (χ0n) is 12.1. The van der Waals surface area contributed by atoms with Crippen LogP contribution in [0.4, 0.5) is 5.82 Å². The minimum absolute atomic E-state index is 0. The van der Waals surface area contributed by atoms with E-state index in [-0.39, 0.29) is 11.6 Å². The van der Waals surface area contributed by atoms with E-state index < -0.39 is 0 Å². The van der Waals surface area contributed by atoms with Gasteiger partial charge in [0, 0.05) is 24.3 Å². The van der Waals surface area contributed by atoms with E-state index >= 15 is 0 Å². The Morgan fingerprint density at radius 2 is 1.33 bits per heavy atom. The molecule has 4 aromatic rings. The Morgan fingerprint density at radius 3 is 1.96 bits per heavy atom. The second-order valence-electron chi connectivity index (χ2n) is 4.11. The van der Waals surface area contributed by atoms with E-state index in [4.69, 9.17) is 40.5 Å². The van der Waals surface area contributed by atoms with Crippen molar-refractivity contribution in [3.8, 4) is 0 Å². The minimum Gasteiger partial charge on any atom is -0.412 e. The molecule has 0 aliphatic carbocycles. The molecule has 0 atom stereocenters. The van der Waals surface area contributed by atoms with Crippen molar-refractivity contribution in [2.24, 2.45) is 0 Å². The van der Waals surface area contributed by atoms with Gasteiger partial charge in [-0.25, -0.2) is 14.5 Å². The molecule has 0 aliphatic rings. The zero-order chi connectivity index (χ0) is 15.7. The zero-order valence-corrected chi connectivity index (χ0v) is 14.3. The number of aromatic nitrogens is 6. The molecule has 9 nitrogen and oxygen atoms in total. The van der Waals surface area contributed by atoms with Crippen LogP contribution in [0.1, 0.15) is 0 Å². The van der Waals surface area contributed by atoms with E-state index in [0.717, 1.165) is 0 Å². The molecule has 0 bridgehead atoms. The van der Waals surface area contributed by atoms with Gasteiger partial charge in [-0.05, 0) is 0 Å². The van der Waals surface area contributed by atoms with E-state index in [1.165, 1.54) is 9.03 Å². The molecule has 24 heavy (non-hydrogen) atoms. The van der Waals surface area contributed by atoms with Crippen molar-refractivity contribution in [3.05, 3.63) is 52.1 Å². The molecule has 7 N–H and O–H groups in total. The van der Waals surface area contributed by atoms with E-state index in [1.54, 1.807) is 36.7 Å². The molecule has 0 fully saturated rings. The van der Waals surface area contributed by atoms with E-state index in [0.29, 0.717) is 32.6 Å². The lowest BCUT2D eigenvalue weighted by atomic mass is 10.5. The Morgan fingerprint density at radius 1 is 0.833 bits per heavy atom. The summed E-state index contributed by atoms with van der Waals surface area (Å²) in [6, 6.07) is 6.57. The smallest absolute Gasteiger partial charge is 0.159 e. The molecule has 0 saturated carbocycles. The number of halogens is 3. The molecule has 4 heterocycles. The molecule has 12 heteroatoms. The van der Waals surface area contributed by atoms with E-state index in [1.807, 2.05) is 0 Å². The van der Waals surface area contributed by atoms with Gasteiger partial charge in [-0.1, -0.05) is 34.8 Å². The molecule has 0 amide bonds. The average molecular weight is 392 g/mol. The third kappa shape index (κ3) is 4.02. The first-order valence-electron chi connectivity index (χ1n) is 5.96. The molecule has 4 aromatic heterocycles. The average Bonchev–Trinajstić information content (AvgIpc) is 3.07. The number of rotatable bonds is 0. The van der Waals surface area contributed by atoms with Crippen LogP contribution < -0.4 is 11.9 Å². The Hall–Kier alpha value is -2.17. The Labute approximate surface area is 150 Å². The lowest BCUT2D eigenvalue weighted by Gasteiger charge is -1.97. The van der Waals surface area contributed by atoms with Crippen LogP contribution in [0.25, 0.3) is 11.3 Å². The van der Waals surface area contributed by atoms with Crippen molar-refractivity contribution in [1.82, 2.24) is 35.3 Å². The fourth-order valence-electron chi connectivity index (χ4n) is 1.75. The normalized spacial score (nSPS) is 9.79. The van der Waals surface area contributed by atoms with E-state index in [9.17, 15) is 0 Å². The predicted octanol–water partition coefficient (Wildman–Crippen LogP) is 2.34. The summed E-state index contributed by atoms with van der Waals surface area (Å²) in [7, 11) is 0. The van der Waals surface area contributed by atoms with Gasteiger partial charge in [-0.3, -0.25) is 0 Å². The maximum atomic E-state index is 5.78. The first kappa shape index (κ1) is 19.9. The molecule has 0 saturated heterocycles. The second-order valence-corrected chi connectivity index (χ2v) is 5.27. The maximum absolute atomic E-state index is 5.78. The molecule has 0 aromatic carbocycles. The molecule has 0 radical (unpaired) electrons. The SMILES string of the molecule is Clc1cc(Cl)n2nccc2n1.N.Nc1cc(Cl)nc2ccnn12.O. The highest BCUT2D eigenvalue weighted by atomic mass is 35.5. The van der Waals surface area contributed by atoms with Gasteiger partial charge in [-0.2, -0.15) is 14.7 Å². The van der Waals surface area contributed by atoms with Gasteiger partial charge < -0.3 is 17.4 Å². The number of nitrogens with two attached hydrogens (primary N) is 1. The van der Waals surface area contributed by atoms with Gasteiger partial charge in [0.1, 0.15) is 21.3 Å². The van der Waals surface area contributed by atoms with Crippen LogP contribution in [-0.4, -0.2) is 34.7 Å². The van der Waals surface area contributed by atoms with Crippen molar-refractivity contribution < 1.29 is 5.48 Å². The van der Waals surface area contributed by atoms with Crippen LogP contribution in [0.15, 0.2) is 36.7 Å². The van der Waals surface area contributed by atoms with Crippen molar-refractivity contribution in [3.63, 3.8) is 0 Å². The van der Waals surface area contributed by atoms with Gasteiger partial charge in [0.15, 0.2) is 11.3 Å². The Kier molecular flexibility index (Phi) is 6.70. The third-order valence-electron chi connectivity index (χ3n) is 2.64. The summed E-state index contributed by atoms with van der Waals surface area (Å²) in [6.45, 7) is 0. The predicted molar refractivity (Wildman–Crippen MR) is 94.1 cm³/mol. The van der Waals surface area contributed by atoms with Gasteiger partial charge in [0.25, 0.3) is 0 Å². The number of fused-ring (bicyclic) bond motifs is 2. The van der Waals surface area contributed by atoms with Crippen molar-refractivity contribution in [1.29, 1.82) is 0 Å². The molecule has 0 spiro atoms. The molecule has 128 valence electrons. The largest absolute Gasteiger partial charge is 0.412 e. The topological polar surface area (TPSA) is 153 Å². The summed E-state index contributed by atoms with van der Waals surface area (Å²) in [5.74, 6) is 0.491. The van der Waals surface area contributed by atoms with Crippen LogP contribution in [0.5, 0.6) is 0 Å². The number of hydrogen-bond donors (Lipinski definition) is 2. The summed E-state index contributed by atoms with van der Waals surface area (Å²) >= 11 is 17.1. The summed E-state index contributed by atoms with van der Waals surface area (Å²) in [5.41, 5.74) is 6.89. The molecule has 4 rings (SSSR count). The molecular weight excluding hydrogens is 379 g/mol. The van der Waals surface area contributed by atoms with E-state index in [2.05, 4.69) is 20.2 Å². The highest BCUT2D eigenvalue weighted by molar-refractivity contribution is 6.33. The molecular formula is C12H13Cl3N8O. The van der Waals surface area contributed by atoms with Crippen LogP contribution in [0, 0.1) is 0 Å². The maximum Gasteiger partial charge on any atom is 0.159 e. The minimum atomic E-state index is 0. The number of nitrogens with zero attached hydrogens (tertiary/aromatic N) is 6. The molecule has 0 aliphatic heterocycles. The lowest BCUT2D eigenvalue weighted by Crippen LogP contribution is -1.99. The number of nitrogen functional groups attached to an aromatic ring is 1. The van der Waals surface area contributed by atoms with Gasteiger partial charge in [0.05, 0.1) is 12.4 Å². The molecule has 0 unspecified atom stereocenters.